The lowest BCUT2D eigenvalue weighted by atomic mass is 9.79. The number of nitrogens with one attached hydrogen (secondary N) is 1. The Morgan fingerprint density at radius 1 is 0.917 bits per heavy atom. The van der Waals surface area contributed by atoms with Crippen LogP contribution in [-0.4, -0.2) is 46.4 Å². The van der Waals surface area contributed by atoms with Crippen LogP contribution in [-0.2, 0) is 0 Å². The first-order chi connectivity index (χ1) is 11.4. The van der Waals surface area contributed by atoms with Crippen molar-refractivity contribution in [3.8, 4) is 5.69 Å². The van der Waals surface area contributed by atoms with Gasteiger partial charge in [0.2, 0.25) is 5.95 Å². The first kappa shape index (κ1) is 17.2. The van der Waals surface area contributed by atoms with Crippen molar-refractivity contribution in [2.45, 2.75) is 25.7 Å². The number of nitrogens with zero attached hydrogens (tertiary/aromatic N) is 5. The quantitative estimate of drug-likeness (QED) is 0.922. The number of halogens is 1. The minimum atomic E-state index is 0. The fourth-order valence-electron chi connectivity index (χ4n) is 4.00. The van der Waals surface area contributed by atoms with E-state index in [9.17, 15) is 0 Å². The lowest BCUT2D eigenvalue weighted by Crippen LogP contribution is -2.40. The fourth-order valence-corrected chi connectivity index (χ4v) is 4.00. The molecule has 2 aliphatic heterocycles. The van der Waals surface area contributed by atoms with Gasteiger partial charge in [-0.1, -0.05) is 23.3 Å². The molecule has 0 amide bonds. The number of piperidine rings is 2. The third-order valence-corrected chi connectivity index (χ3v) is 5.33. The van der Waals surface area contributed by atoms with E-state index in [1.807, 2.05) is 35.0 Å². The van der Waals surface area contributed by atoms with Gasteiger partial charge in [-0.3, -0.25) is 0 Å². The summed E-state index contributed by atoms with van der Waals surface area (Å²) < 4.78 is 1.85. The number of rotatable bonds is 3. The van der Waals surface area contributed by atoms with E-state index in [-0.39, 0.29) is 12.4 Å². The van der Waals surface area contributed by atoms with Crippen LogP contribution >= 0.6 is 12.4 Å². The van der Waals surface area contributed by atoms with Gasteiger partial charge in [0.15, 0.2) is 0 Å². The first-order valence-corrected chi connectivity index (χ1v) is 8.71. The maximum Gasteiger partial charge on any atom is 0.250 e. The Balaban J connectivity index is 0.00000169. The Bertz CT molecular complexity index is 617. The molecule has 0 atom stereocenters. The Hall–Kier alpha value is -1.66. The van der Waals surface area contributed by atoms with Crippen molar-refractivity contribution in [3.63, 3.8) is 0 Å². The van der Waals surface area contributed by atoms with E-state index in [1.165, 1.54) is 38.8 Å². The van der Waals surface area contributed by atoms with Gasteiger partial charge < -0.3 is 10.2 Å². The highest BCUT2D eigenvalue weighted by Gasteiger charge is 2.29. The Kier molecular flexibility index (Phi) is 5.68. The van der Waals surface area contributed by atoms with Crippen LogP contribution in [0.2, 0.25) is 0 Å². The van der Waals surface area contributed by atoms with Gasteiger partial charge in [-0.2, -0.15) is 4.68 Å². The highest BCUT2D eigenvalue weighted by molar-refractivity contribution is 5.85. The molecule has 0 spiro atoms. The number of tetrazole rings is 1. The Morgan fingerprint density at radius 2 is 1.58 bits per heavy atom. The van der Waals surface area contributed by atoms with Crippen molar-refractivity contribution < 1.29 is 0 Å². The van der Waals surface area contributed by atoms with E-state index in [0.717, 1.165) is 36.6 Å². The van der Waals surface area contributed by atoms with E-state index in [0.29, 0.717) is 0 Å². The molecule has 24 heavy (non-hydrogen) atoms. The maximum atomic E-state index is 4.27. The van der Waals surface area contributed by atoms with E-state index >= 15 is 0 Å². The van der Waals surface area contributed by atoms with E-state index in [4.69, 9.17) is 0 Å². The molecule has 0 radical (unpaired) electrons. The molecule has 0 bridgehead atoms. The molecule has 7 heteroatoms. The fraction of sp³-hybridized carbons (Fsp3) is 0.588. The summed E-state index contributed by atoms with van der Waals surface area (Å²) in [5.41, 5.74) is 1.02. The summed E-state index contributed by atoms with van der Waals surface area (Å²) in [6, 6.07) is 10.1. The number of benzene rings is 1. The molecule has 2 aromatic rings. The highest BCUT2D eigenvalue weighted by Crippen LogP contribution is 2.32. The molecule has 1 N–H and O–H groups in total. The average molecular weight is 349 g/mol. The zero-order chi connectivity index (χ0) is 15.5. The van der Waals surface area contributed by atoms with Crippen LogP contribution in [0.4, 0.5) is 5.95 Å². The molecular formula is C17H25ClN6. The summed E-state index contributed by atoms with van der Waals surface area (Å²) in [6.45, 7) is 4.50. The molecule has 4 rings (SSSR count). The summed E-state index contributed by atoms with van der Waals surface area (Å²) in [5, 5.41) is 15.8. The normalized spacial score (nSPS) is 19.9. The second kappa shape index (κ2) is 7.94. The second-order valence-electron chi connectivity index (χ2n) is 6.64. The number of hydrogen-bond donors (Lipinski definition) is 1. The number of para-hydroxylation sites is 1. The SMILES string of the molecule is Cl.c1ccc(-n2nnnc2N2CCC(C3CCNCC3)CC2)cc1. The van der Waals surface area contributed by atoms with Gasteiger partial charge >= 0.3 is 0 Å². The van der Waals surface area contributed by atoms with Crippen LogP contribution in [0.15, 0.2) is 30.3 Å². The third kappa shape index (κ3) is 3.54. The van der Waals surface area contributed by atoms with Crippen molar-refractivity contribution >= 4 is 18.4 Å². The molecule has 2 saturated heterocycles. The predicted molar refractivity (Wildman–Crippen MR) is 96.9 cm³/mol. The van der Waals surface area contributed by atoms with Crippen LogP contribution in [0.5, 0.6) is 0 Å². The lowest BCUT2D eigenvalue weighted by Gasteiger charge is -2.37. The summed E-state index contributed by atoms with van der Waals surface area (Å²) in [6.07, 6.45) is 5.19. The third-order valence-electron chi connectivity index (χ3n) is 5.33. The van der Waals surface area contributed by atoms with Gasteiger partial charge in [0, 0.05) is 13.1 Å². The molecule has 0 unspecified atom stereocenters. The number of hydrogen-bond acceptors (Lipinski definition) is 5. The minimum Gasteiger partial charge on any atom is -0.339 e. The Labute approximate surface area is 149 Å². The maximum absolute atomic E-state index is 4.27. The summed E-state index contributed by atoms with van der Waals surface area (Å²) in [7, 11) is 0. The van der Waals surface area contributed by atoms with Crippen molar-refractivity contribution in [3.05, 3.63) is 30.3 Å². The van der Waals surface area contributed by atoms with Crippen LogP contribution in [0, 0.1) is 11.8 Å². The van der Waals surface area contributed by atoms with Gasteiger partial charge in [0.1, 0.15) is 0 Å². The van der Waals surface area contributed by atoms with Gasteiger partial charge in [0.05, 0.1) is 5.69 Å². The van der Waals surface area contributed by atoms with Crippen LogP contribution in [0.3, 0.4) is 0 Å². The lowest BCUT2D eigenvalue weighted by molar-refractivity contribution is 0.221. The molecule has 1 aromatic carbocycles. The number of aromatic nitrogens is 4. The summed E-state index contributed by atoms with van der Waals surface area (Å²) in [5.74, 6) is 2.65. The van der Waals surface area contributed by atoms with Crippen molar-refractivity contribution in [1.29, 1.82) is 0 Å². The molecule has 0 saturated carbocycles. The molecule has 1 aromatic heterocycles. The first-order valence-electron chi connectivity index (χ1n) is 8.71. The van der Waals surface area contributed by atoms with Gasteiger partial charge in [-0.25, -0.2) is 0 Å². The molecular weight excluding hydrogens is 324 g/mol. The summed E-state index contributed by atoms with van der Waals surface area (Å²) >= 11 is 0. The van der Waals surface area contributed by atoms with Crippen LogP contribution in [0.25, 0.3) is 5.69 Å². The van der Waals surface area contributed by atoms with Crippen molar-refractivity contribution in [2.75, 3.05) is 31.1 Å². The molecule has 0 aliphatic carbocycles. The van der Waals surface area contributed by atoms with E-state index in [2.05, 4.69) is 25.7 Å². The van der Waals surface area contributed by atoms with Crippen LogP contribution < -0.4 is 10.2 Å². The van der Waals surface area contributed by atoms with Gasteiger partial charge in [0.25, 0.3) is 0 Å². The van der Waals surface area contributed by atoms with E-state index < -0.39 is 0 Å². The minimum absolute atomic E-state index is 0. The predicted octanol–water partition coefficient (Wildman–Crippen LogP) is 2.30. The second-order valence-corrected chi connectivity index (χ2v) is 6.64. The molecule has 2 fully saturated rings. The van der Waals surface area contributed by atoms with E-state index in [1.54, 1.807) is 0 Å². The molecule has 2 aliphatic rings. The largest absolute Gasteiger partial charge is 0.339 e. The molecule has 3 heterocycles. The highest BCUT2D eigenvalue weighted by atomic mass is 35.5. The smallest absolute Gasteiger partial charge is 0.250 e. The van der Waals surface area contributed by atoms with Crippen molar-refractivity contribution in [2.24, 2.45) is 11.8 Å². The number of anilines is 1. The average Bonchev–Trinajstić information content (AvgIpc) is 3.13. The Morgan fingerprint density at radius 3 is 2.29 bits per heavy atom. The van der Waals surface area contributed by atoms with Gasteiger partial charge in [-0.05, 0) is 73.2 Å². The molecule has 6 nitrogen and oxygen atoms in total. The van der Waals surface area contributed by atoms with Gasteiger partial charge in [-0.15, -0.1) is 12.4 Å². The summed E-state index contributed by atoms with van der Waals surface area (Å²) in [4.78, 5) is 2.34. The van der Waals surface area contributed by atoms with Crippen molar-refractivity contribution in [1.82, 2.24) is 25.5 Å². The molecule has 130 valence electrons. The monoisotopic (exact) mass is 348 g/mol. The topological polar surface area (TPSA) is 58.9 Å². The standard InChI is InChI=1S/C17H24N6.ClH/c1-2-4-16(5-3-1)23-17(19-20-21-23)22-12-8-15(9-13-22)14-6-10-18-11-7-14;/h1-5,14-15,18H,6-13H2;1H. The zero-order valence-corrected chi connectivity index (χ0v) is 14.7. The van der Waals surface area contributed by atoms with Crippen LogP contribution in [0.1, 0.15) is 25.7 Å². The zero-order valence-electron chi connectivity index (χ0n) is 13.8.